The summed E-state index contributed by atoms with van der Waals surface area (Å²) in [4.78, 5) is 19.2. The maximum atomic E-state index is 14.0. The van der Waals surface area contributed by atoms with Crippen molar-refractivity contribution in [3.63, 3.8) is 0 Å². The summed E-state index contributed by atoms with van der Waals surface area (Å²) in [5.74, 6) is -2.84. The van der Waals surface area contributed by atoms with E-state index in [2.05, 4.69) is 20.4 Å². The van der Waals surface area contributed by atoms with Crippen LogP contribution in [0.1, 0.15) is 27.4 Å². The maximum Gasteiger partial charge on any atom is 0.417 e. The first kappa shape index (κ1) is 22.5. The van der Waals surface area contributed by atoms with E-state index in [9.17, 15) is 35.5 Å². The summed E-state index contributed by atoms with van der Waals surface area (Å²) in [5, 5.41) is 5.13. The molecular weight excluding hydrogens is 461 g/mol. The van der Waals surface area contributed by atoms with Crippen LogP contribution in [0, 0.1) is 5.82 Å². The fraction of sp³-hybridized carbons (Fsp3) is 0.176. The summed E-state index contributed by atoms with van der Waals surface area (Å²) in [6.45, 7) is -0.413. The predicted molar refractivity (Wildman–Crippen MR) is 90.1 cm³/mol. The van der Waals surface area contributed by atoms with Crippen molar-refractivity contribution in [1.82, 2.24) is 20.4 Å². The lowest BCUT2D eigenvalue weighted by Crippen LogP contribution is -2.25. The summed E-state index contributed by atoms with van der Waals surface area (Å²) in [5.41, 5.74) is -3.24. The van der Waals surface area contributed by atoms with Gasteiger partial charge in [-0.3, -0.25) is 4.79 Å². The molecule has 164 valence electrons. The number of carbonyl (C=O) groups is 1. The molecule has 14 heteroatoms. The molecule has 0 radical (unpaired) electrons. The second-order valence-corrected chi connectivity index (χ2v) is 6.35. The molecule has 0 fully saturated rings. The van der Waals surface area contributed by atoms with Crippen LogP contribution in [-0.4, -0.2) is 21.0 Å². The van der Waals surface area contributed by atoms with Crippen LogP contribution in [0.3, 0.4) is 0 Å². The minimum Gasteiger partial charge on any atom is -0.343 e. The average Bonchev–Trinajstić information content (AvgIpc) is 3.13. The van der Waals surface area contributed by atoms with Gasteiger partial charge in [-0.2, -0.15) is 31.3 Å². The highest BCUT2D eigenvalue weighted by molar-refractivity contribution is 6.33. The minimum absolute atomic E-state index is 0.189. The molecule has 3 aromatic rings. The maximum absolute atomic E-state index is 14.0. The molecule has 0 aliphatic rings. The lowest BCUT2D eigenvalue weighted by atomic mass is 10.1. The van der Waals surface area contributed by atoms with E-state index in [0.717, 1.165) is 6.07 Å². The summed E-state index contributed by atoms with van der Waals surface area (Å²) in [6.07, 6.45) is -9.00. The average molecular weight is 469 g/mol. The highest BCUT2D eigenvalue weighted by atomic mass is 35.5. The van der Waals surface area contributed by atoms with Gasteiger partial charge < -0.3 is 9.84 Å². The Morgan fingerprint density at radius 1 is 1.06 bits per heavy atom. The lowest BCUT2D eigenvalue weighted by molar-refractivity contribution is -0.138. The number of hydrogen-bond donors (Lipinski definition) is 1. The van der Waals surface area contributed by atoms with Crippen LogP contribution in [-0.2, 0) is 18.9 Å². The molecule has 0 atom stereocenters. The fourth-order valence-corrected chi connectivity index (χ4v) is 2.56. The molecule has 1 N–H and O–H groups in total. The van der Waals surface area contributed by atoms with Crippen LogP contribution in [0.4, 0.5) is 30.7 Å². The zero-order valence-corrected chi connectivity index (χ0v) is 15.5. The number of nitrogens with zero attached hydrogens (tertiary/aromatic N) is 3. The van der Waals surface area contributed by atoms with E-state index < -0.39 is 63.9 Å². The Morgan fingerprint density at radius 2 is 1.74 bits per heavy atom. The number of nitrogens with one attached hydrogen (secondary N) is 1. The van der Waals surface area contributed by atoms with Crippen molar-refractivity contribution in [2.45, 2.75) is 18.9 Å². The molecular formula is C17H8ClF7N4O2. The molecule has 0 spiro atoms. The Labute approximate surface area is 173 Å². The number of carbonyl (C=O) groups excluding carboxylic acids is 1. The molecule has 2 heterocycles. The van der Waals surface area contributed by atoms with Crippen molar-refractivity contribution in [3.05, 3.63) is 63.9 Å². The van der Waals surface area contributed by atoms with Gasteiger partial charge in [0, 0.05) is 6.20 Å². The van der Waals surface area contributed by atoms with Gasteiger partial charge in [0.25, 0.3) is 11.8 Å². The van der Waals surface area contributed by atoms with Gasteiger partial charge in [-0.25, -0.2) is 9.37 Å². The van der Waals surface area contributed by atoms with Crippen molar-refractivity contribution in [1.29, 1.82) is 0 Å². The van der Waals surface area contributed by atoms with Gasteiger partial charge in [-0.05, 0) is 24.3 Å². The van der Waals surface area contributed by atoms with E-state index in [-0.39, 0.29) is 11.9 Å². The second-order valence-electron chi connectivity index (χ2n) is 5.94. The summed E-state index contributed by atoms with van der Waals surface area (Å²) in [7, 11) is 0. The highest BCUT2D eigenvalue weighted by Crippen LogP contribution is 2.33. The lowest BCUT2D eigenvalue weighted by Gasteiger charge is -2.08. The molecule has 3 rings (SSSR count). The van der Waals surface area contributed by atoms with Gasteiger partial charge in [0.05, 0.1) is 28.3 Å². The van der Waals surface area contributed by atoms with E-state index in [1.54, 1.807) is 0 Å². The minimum atomic E-state index is -4.74. The number of alkyl halides is 6. The van der Waals surface area contributed by atoms with Crippen molar-refractivity contribution < 1.29 is 40.1 Å². The molecule has 0 unspecified atom stereocenters. The van der Waals surface area contributed by atoms with Crippen molar-refractivity contribution in [2.75, 3.05) is 0 Å². The highest BCUT2D eigenvalue weighted by Gasteiger charge is 2.33. The Balaban J connectivity index is 1.70. The van der Waals surface area contributed by atoms with Crippen LogP contribution in [0.15, 0.2) is 35.0 Å². The standard InChI is InChI=1S/C17H8ClF7N4O2/c18-10-3-8(17(23,24)25)5-26-13(10)14(30)27-6-12-28-15(31-29-12)9-2-1-7(4-11(9)19)16(20,21)22/h1-5H,6H2,(H,27,30). The number of benzene rings is 1. The van der Waals surface area contributed by atoms with Crippen molar-refractivity contribution in [3.8, 4) is 11.5 Å². The second kappa shape index (κ2) is 8.13. The Hall–Kier alpha value is -3.22. The quantitative estimate of drug-likeness (QED) is 0.551. The topological polar surface area (TPSA) is 80.9 Å². The van der Waals surface area contributed by atoms with Crippen LogP contribution in [0.2, 0.25) is 5.02 Å². The van der Waals surface area contributed by atoms with E-state index in [0.29, 0.717) is 18.3 Å². The van der Waals surface area contributed by atoms with E-state index in [1.807, 2.05) is 0 Å². The predicted octanol–water partition coefficient (Wildman–Crippen LogP) is 4.89. The van der Waals surface area contributed by atoms with E-state index in [4.69, 9.17) is 16.1 Å². The van der Waals surface area contributed by atoms with Gasteiger partial charge in [-0.1, -0.05) is 16.8 Å². The van der Waals surface area contributed by atoms with Crippen LogP contribution in [0.5, 0.6) is 0 Å². The molecule has 0 saturated carbocycles. The third kappa shape index (κ3) is 5.10. The number of hydrogen-bond acceptors (Lipinski definition) is 5. The molecule has 0 bridgehead atoms. The molecule has 1 aromatic carbocycles. The molecule has 0 aliphatic heterocycles. The SMILES string of the molecule is O=C(NCc1noc(-c2ccc(C(F)(F)F)cc2F)n1)c1ncc(C(F)(F)F)cc1Cl. The first-order chi connectivity index (χ1) is 14.4. The number of rotatable bonds is 4. The van der Waals surface area contributed by atoms with Crippen molar-refractivity contribution in [2.24, 2.45) is 0 Å². The first-order valence-electron chi connectivity index (χ1n) is 8.07. The zero-order valence-electron chi connectivity index (χ0n) is 14.8. The Bertz CT molecular complexity index is 1130. The molecule has 0 saturated heterocycles. The van der Waals surface area contributed by atoms with Gasteiger partial charge in [0.1, 0.15) is 11.5 Å². The largest absolute Gasteiger partial charge is 0.417 e. The Morgan fingerprint density at radius 3 is 2.32 bits per heavy atom. The Kier molecular flexibility index (Phi) is 5.89. The van der Waals surface area contributed by atoms with Gasteiger partial charge in [0.15, 0.2) is 5.82 Å². The molecule has 2 aromatic heterocycles. The van der Waals surface area contributed by atoms with Crippen LogP contribution >= 0.6 is 11.6 Å². The molecule has 0 aliphatic carbocycles. The van der Waals surface area contributed by atoms with Crippen molar-refractivity contribution >= 4 is 17.5 Å². The smallest absolute Gasteiger partial charge is 0.343 e. The zero-order chi connectivity index (χ0) is 23.0. The third-order valence-electron chi connectivity index (χ3n) is 3.79. The van der Waals surface area contributed by atoms with Gasteiger partial charge in [-0.15, -0.1) is 0 Å². The molecule has 6 nitrogen and oxygen atoms in total. The normalized spacial score (nSPS) is 12.1. The third-order valence-corrected chi connectivity index (χ3v) is 4.07. The van der Waals surface area contributed by atoms with Crippen LogP contribution < -0.4 is 5.32 Å². The first-order valence-corrected chi connectivity index (χ1v) is 8.44. The number of halogens is 8. The monoisotopic (exact) mass is 468 g/mol. The van der Waals surface area contributed by atoms with E-state index >= 15 is 0 Å². The summed E-state index contributed by atoms with van der Waals surface area (Å²) < 4.78 is 94.4. The molecule has 1 amide bonds. The summed E-state index contributed by atoms with van der Waals surface area (Å²) in [6, 6.07) is 2.23. The van der Waals surface area contributed by atoms with E-state index in [1.165, 1.54) is 0 Å². The van der Waals surface area contributed by atoms with Crippen LogP contribution in [0.25, 0.3) is 11.5 Å². The molecule has 31 heavy (non-hydrogen) atoms. The fourth-order valence-electron chi connectivity index (χ4n) is 2.30. The number of pyridine rings is 1. The summed E-state index contributed by atoms with van der Waals surface area (Å²) >= 11 is 5.66. The number of aromatic nitrogens is 3. The number of amides is 1. The van der Waals surface area contributed by atoms with Gasteiger partial charge >= 0.3 is 12.4 Å². The van der Waals surface area contributed by atoms with Gasteiger partial charge in [0.2, 0.25) is 0 Å².